The fourth-order valence-electron chi connectivity index (χ4n) is 3.45. The molecule has 2 aromatic carbocycles. The predicted octanol–water partition coefficient (Wildman–Crippen LogP) is 3.25. The van der Waals surface area contributed by atoms with Gasteiger partial charge >= 0.3 is 0 Å². The summed E-state index contributed by atoms with van der Waals surface area (Å²) in [5, 5.41) is 8.16. The summed E-state index contributed by atoms with van der Waals surface area (Å²) >= 11 is 0. The number of aryl methyl sites for hydroxylation is 1. The molecule has 26 heavy (non-hydrogen) atoms. The summed E-state index contributed by atoms with van der Waals surface area (Å²) in [5.41, 5.74) is 4.23. The summed E-state index contributed by atoms with van der Waals surface area (Å²) in [6.07, 6.45) is 1.96. The van der Waals surface area contributed by atoms with Crippen LogP contribution in [0.15, 0.2) is 42.5 Å². The topological polar surface area (TPSA) is 60.2 Å². The number of benzene rings is 2. The summed E-state index contributed by atoms with van der Waals surface area (Å²) in [5.74, 6) is -0.00845. The highest BCUT2D eigenvalue weighted by molar-refractivity contribution is 6.08. The van der Waals surface area contributed by atoms with Crippen LogP contribution in [0, 0.1) is 0 Å². The van der Waals surface area contributed by atoms with E-state index in [9.17, 15) is 4.79 Å². The average Bonchev–Trinajstić information content (AvgIpc) is 3.02. The van der Waals surface area contributed by atoms with Crippen LogP contribution in [-0.2, 0) is 6.42 Å². The van der Waals surface area contributed by atoms with Crippen molar-refractivity contribution in [3.05, 3.63) is 53.6 Å². The van der Waals surface area contributed by atoms with Gasteiger partial charge in [-0.2, -0.15) is 0 Å². The Hall–Kier alpha value is -2.89. The molecule has 6 heteroatoms. The maximum Gasteiger partial charge on any atom is 0.258 e. The first-order chi connectivity index (χ1) is 12.5. The number of rotatable bonds is 3. The number of carbonyl (C=O) groups excluding carboxylic acids is 1. The number of para-hydroxylation sites is 1. The van der Waals surface area contributed by atoms with Crippen LogP contribution in [0.5, 0.6) is 0 Å². The van der Waals surface area contributed by atoms with Crippen LogP contribution < -0.4 is 9.74 Å². The molecular formula is C20H22N4O2. The van der Waals surface area contributed by atoms with Crippen LogP contribution in [0.1, 0.15) is 43.1 Å². The second-order valence-corrected chi connectivity index (χ2v) is 7.01. The van der Waals surface area contributed by atoms with Gasteiger partial charge in [0.15, 0.2) is 0 Å². The summed E-state index contributed by atoms with van der Waals surface area (Å²) in [6.45, 7) is 5.96. The molecule has 3 aromatic rings. The van der Waals surface area contributed by atoms with Crippen LogP contribution >= 0.6 is 0 Å². The highest BCUT2D eigenvalue weighted by atomic mass is 16.7. The van der Waals surface area contributed by atoms with Crippen LogP contribution in [0.4, 0.5) is 5.69 Å². The predicted molar refractivity (Wildman–Crippen MR) is 100 cm³/mol. The standard InChI is InChI=1S/C20H22N4O2/c1-13(2)26-24-19-11-10-16(12-17(19)21-22-24)20(25)23-14(3)8-9-15-6-4-5-7-18(15)23/h4-7,10-14H,8-9H2,1-3H3. The van der Waals surface area contributed by atoms with E-state index in [1.165, 1.54) is 10.4 Å². The molecule has 4 rings (SSSR count). The Morgan fingerprint density at radius 3 is 2.85 bits per heavy atom. The molecule has 0 bridgehead atoms. The largest absolute Gasteiger partial charge is 0.392 e. The molecule has 0 saturated carbocycles. The second kappa shape index (κ2) is 6.44. The van der Waals surface area contributed by atoms with E-state index in [1.807, 2.05) is 49.1 Å². The van der Waals surface area contributed by atoms with E-state index >= 15 is 0 Å². The normalized spacial score (nSPS) is 16.8. The third kappa shape index (κ3) is 2.81. The molecule has 1 atom stereocenters. The van der Waals surface area contributed by atoms with Gasteiger partial charge in [0.1, 0.15) is 17.1 Å². The van der Waals surface area contributed by atoms with Gasteiger partial charge in [0.05, 0.1) is 0 Å². The third-order valence-electron chi connectivity index (χ3n) is 4.71. The van der Waals surface area contributed by atoms with Gasteiger partial charge in [-0.05, 0) is 68.7 Å². The average molecular weight is 350 g/mol. The SMILES string of the molecule is CC(C)On1nnc2cc(C(=O)N3c4ccccc4CCC3C)ccc21. The van der Waals surface area contributed by atoms with Crippen molar-refractivity contribution in [3.8, 4) is 0 Å². The maximum absolute atomic E-state index is 13.2. The zero-order chi connectivity index (χ0) is 18.3. The number of aromatic nitrogens is 3. The first-order valence-corrected chi connectivity index (χ1v) is 8.98. The number of fused-ring (bicyclic) bond motifs is 2. The number of anilines is 1. The zero-order valence-electron chi connectivity index (χ0n) is 15.2. The van der Waals surface area contributed by atoms with Gasteiger partial charge < -0.3 is 9.74 Å². The molecule has 1 aromatic heterocycles. The van der Waals surface area contributed by atoms with Gasteiger partial charge in [0.25, 0.3) is 5.91 Å². The lowest BCUT2D eigenvalue weighted by molar-refractivity contribution is 0.0408. The number of hydrogen-bond donors (Lipinski definition) is 0. The van der Waals surface area contributed by atoms with Crippen molar-refractivity contribution in [3.63, 3.8) is 0 Å². The highest BCUT2D eigenvalue weighted by Gasteiger charge is 2.29. The zero-order valence-corrected chi connectivity index (χ0v) is 15.2. The van der Waals surface area contributed by atoms with Crippen LogP contribution in [0.3, 0.4) is 0 Å². The molecule has 1 unspecified atom stereocenters. The lowest BCUT2D eigenvalue weighted by Crippen LogP contribution is -2.42. The molecule has 1 amide bonds. The Labute approximate surface area is 152 Å². The van der Waals surface area contributed by atoms with E-state index in [4.69, 9.17) is 4.84 Å². The Balaban J connectivity index is 1.70. The third-order valence-corrected chi connectivity index (χ3v) is 4.71. The number of carbonyl (C=O) groups is 1. The molecule has 134 valence electrons. The lowest BCUT2D eigenvalue weighted by Gasteiger charge is -2.35. The van der Waals surface area contributed by atoms with Crippen molar-refractivity contribution in [1.29, 1.82) is 0 Å². The van der Waals surface area contributed by atoms with E-state index < -0.39 is 0 Å². The molecule has 0 fully saturated rings. The molecule has 0 radical (unpaired) electrons. The Bertz CT molecular complexity index is 963. The van der Waals surface area contributed by atoms with Crippen molar-refractivity contribution in [2.75, 3.05) is 4.90 Å². The fourth-order valence-corrected chi connectivity index (χ4v) is 3.45. The molecule has 2 heterocycles. The summed E-state index contributed by atoms with van der Waals surface area (Å²) in [4.78, 5) is 22.1. The van der Waals surface area contributed by atoms with E-state index in [0.29, 0.717) is 11.1 Å². The highest BCUT2D eigenvalue weighted by Crippen LogP contribution is 2.32. The summed E-state index contributed by atoms with van der Waals surface area (Å²) < 4.78 is 0. The van der Waals surface area contributed by atoms with Gasteiger partial charge in [-0.3, -0.25) is 4.79 Å². The van der Waals surface area contributed by atoms with E-state index in [1.54, 1.807) is 6.07 Å². The van der Waals surface area contributed by atoms with E-state index in [-0.39, 0.29) is 18.1 Å². The van der Waals surface area contributed by atoms with Gasteiger partial charge in [-0.15, -0.1) is 5.10 Å². The quantitative estimate of drug-likeness (QED) is 0.727. The minimum absolute atomic E-state index is 0.00749. The lowest BCUT2D eigenvalue weighted by atomic mass is 9.95. The van der Waals surface area contributed by atoms with Gasteiger partial charge in [-0.25, -0.2) is 0 Å². The Morgan fingerprint density at radius 1 is 1.23 bits per heavy atom. The van der Waals surface area contributed by atoms with Crippen molar-refractivity contribution in [1.82, 2.24) is 15.2 Å². The van der Waals surface area contributed by atoms with E-state index in [0.717, 1.165) is 24.0 Å². The fraction of sp³-hybridized carbons (Fsp3) is 0.350. The number of hydrogen-bond acceptors (Lipinski definition) is 4. The van der Waals surface area contributed by atoms with Crippen molar-refractivity contribution in [2.24, 2.45) is 0 Å². The molecule has 0 saturated heterocycles. The van der Waals surface area contributed by atoms with Crippen molar-refractivity contribution >= 4 is 22.6 Å². The minimum atomic E-state index is -0.00845. The maximum atomic E-state index is 13.2. The Morgan fingerprint density at radius 2 is 2.04 bits per heavy atom. The molecule has 0 N–H and O–H groups in total. The molecule has 1 aliphatic rings. The van der Waals surface area contributed by atoms with Crippen molar-refractivity contribution < 1.29 is 9.63 Å². The summed E-state index contributed by atoms with van der Waals surface area (Å²) in [7, 11) is 0. The Kier molecular flexibility index (Phi) is 4.11. The molecular weight excluding hydrogens is 328 g/mol. The van der Waals surface area contributed by atoms with Crippen molar-refractivity contribution in [2.45, 2.75) is 45.8 Å². The first kappa shape index (κ1) is 16.6. The van der Waals surface area contributed by atoms with Gasteiger partial charge in [-0.1, -0.05) is 23.0 Å². The van der Waals surface area contributed by atoms with E-state index in [2.05, 4.69) is 23.3 Å². The molecule has 6 nitrogen and oxygen atoms in total. The molecule has 1 aliphatic heterocycles. The van der Waals surface area contributed by atoms with Crippen LogP contribution in [0.2, 0.25) is 0 Å². The van der Waals surface area contributed by atoms with Crippen LogP contribution in [-0.4, -0.2) is 33.2 Å². The second-order valence-electron chi connectivity index (χ2n) is 7.01. The summed E-state index contributed by atoms with van der Waals surface area (Å²) in [6, 6.07) is 13.7. The monoisotopic (exact) mass is 350 g/mol. The smallest absolute Gasteiger partial charge is 0.258 e. The van der Waals surface area contributed by atoms with Gasteiger partial charge in [0, 0.05) is 17.3 Å². The molecule has 0 spiro atoms. The van der Waals surface area contributed by atoms with Gasteiger partial charge in [0.2, 0.25) is 0 Å². The number of nitrogens with zero attached hydrogens (tertiary/aromatic N) is 4. The minimum Gasteiger partial charge on any atom is -0.392 e. The molecule has 0 aliphatic carbocycles. The number of amides is 1. The van der Waals surface area contributed by atoms with Crippen LogP contribution in [0.25, 0.3) is 11.0 Å². The first-order valence-electron chi connectivity index (χ1n) is 8.98.